The molecule has 0 saturated carbocycles. The molecular weight excluding hydrogens is 224 g/mol. The Morgan fingerprint density at radius 2 is 2.06 bits per heavy atom. The molecule has 1 aromatic carbocycles. The fraction of sp³-hybridized carbons (Fsp3) is 0.455. The van der Waals surface area contributed by atoms with E-state index in [-0.39, 0.29) is 6.04 Å². The lowest BCUT2D eigenvalue weighted by molar-refractivity contribution is -0.0529. The van der Waals surface area contributed by atoms with Crippen LogP contribution < -0.4 is 9.98 Å². The number of nitrogens with zero attached hydrogens (tertiary/aromatic N) is 1. The Hall–Kier alpha value is -0.910. The summed E-state index contributed by atoms with van der Waals surface area (Å²) in [5.41, 5.74) is 1.04. The lowest BCUT2D eigenvalue weighted by Gasteiger charge is -2.31. The normalized spacial score (nSPS) is 22.6. The molecule has 0 amide bonds. The van der Waals surface area contributed by atoms with Crippen LogP contribution in [-0.4, -0.2) is 21.1 Å². The van der Waals surface area contributed by atoms with E-state index < -0.39 is 15.7 Å². The third-order valence-electron chi connectivity index (χ3n) is 3.00. The van der Waals surface area contributed by atoms with Crippen molar-refractivity contribution in [3.8, 4) is 5.75 Å². The molecule has 0 saturated heterocycles. The summed E-state index contributed by atoms with van der Waals surface area (Å²) in [5, 5.41) is 7.28. The maximum absolute atomic E-state index is 11.6. The van der Waals surface area contributed by atoms with E-state index in [2.05, 4.69) is 0 Å². The maximum atomic E-state index is 11.6. The number of para-hydroxylation sites is 1. The molecule has 1 heterocycles. The molecule has 1 aromatic rings. The number of fused-ring (bicyclic) bond motifs is 1. The molecule has 88 valence electrons. The predicted octanol–water partition coefficient (Wildman–Crippen LogP) is 1.37. The topological polar surface area (TPSA) is 55.6 Å². The Labute approximate surface area is 97.9 Å². The van der Waals surface area contributed by atoms with Crippen LogP contribution in [0.2, 0.25) is 0 Å². The predicted molar refractivity (Wildman–Crippen MR) is 64.0 cm³/mol. The quantitative estimate of drug-likeness (QED) is 0.849. The van der Waals surface area contributed by atoms with Crippen LogP contribution in [0.25, 0.3) is 0 Å². The van der Waals surface area contributed by atoms with E-state index in [0.717, 1.165) is 11.3 Å². The van der Waals surface area contributed by atoms with E-state index in [1.807, 2.05) is 45.2 Å². The van der Waals surface area contributed by atoms with Crippen molar-refractivity contribution >= 4 is 11.0 Å². The second-order valence-electron chi connectivity index (χ2n) is 4.48. The van der Waals surface area contributed by atoms with Crippen molar-refractivity contribution in [3.05, 3.63) is 29.8 Å². The third kappa shape index (κ3) is 1.65. The summed E-state index contributed by atoms with van der Waals surface area (Å²) in [7, 11) is 0.417. The Bertz CT molecular complexity index is 434. The molecule has 0 aliphatic carbocycles. The van der Waals surface area contributed by atoms with E-state index >= 15 is 0 Å². The second-order valence-corrected chi connectivity index (χ2v) is 6.13. The molecular formula is C11H16N2O2S. The molecule has 0 aromatic heterocycles. The molecule has 2 atom stereocenters. The van der Waals surface area contributed by atoms with Crippen LogP contribution in [0.1, 0.15) is 25.5 Å². The average molecular weight is 240 g/mol. The van der Waals surface area contributed by atoms with Crippen molar-refractivity contribution in [1.82, 2.24) is 5.06 Å². The van der Waals surface area contributed by atoms with Crippen molar-refractivity contribution in [1.29, 1.82) is 0 Å². The van der Waals surface area contributed by atoms with Gasteiger partial charge in [0.05, 0.1) is 21.8 Å². The van der Waals surface area contributed by atoms with Crippen molar-refractivity contribution < 1.29 is 9.05 Å². The number of benzene rings is 1. The molecule has 2 N–H and O–H groups in total. The van der Waals surface area contributed by atoms with Crippen molar-refractivity contribution in [2.45, 2.75) is 24.6 Å². The Kier molecular flexibility index (Phi) is 2.77. The van der Waals surface area contributed by atoms with Gasteiger partial charge in [0.15, 0.2) is 5.75 Å². The number of nitrogens with two attached hydrogens (primary N) is 1. The molecule has 0 spiro atoms. The highest BCUT2D eigenvalue weighted by Gasteiger charge is 2.44. The van der Waals surface area contributed by atoms with Gasteiger partial charge in [-0.15, -0.1) is 5.06 Å². The van der Waals surface area contributed by atoms with Gasteiger partial charge < -0.3 is 4.84 Å². The molecule has 16 heavy (non-hydrogen) atoms. The van der Waals surface area contributed by atoms with Gasteiger partial charge in [-0.1, -0.05) is 18.2 Å². The molecule has 1 aliphatic heterocycles. The van der Waals surface area contributed by atoms with Gasteiger partial charge in [0, 0.05) is 12.6 Å². The van der Waals surface area contributed by atoms with Crippen molar-refractivity contribution in [3.63, 3.8) is 0 Å². The average Bonchev–Trinajstić information content (AvgIpc) is 2.53. The van der Waals surface area contributed by atoms with Crippen LogP contribution in [0.3, 0.4) is 0 Å². The van der Waals surface area contributed by atoms with Gasteiger partial charge in [-0.2, -0.15) is 0 Å². The summed E-state index contributed by atoms with van der Waals surface area (Å²) < 4.78 is 11.1. The van der Waals surface area contributed by atoms with Crippen molar-refractivity contribution in [2.75, 3.05) is 7.05 Å². The minimum Gasteiger partial charge on any atom is -0.405 e. The van der Waals surface area contributed by atoms with Gasteiger partial charge in [0.25, 0.3) is 0 Å². The van der Waals surface area contributed by atoms with E-state index in [0.29, 0.717) is 0 Å². The van der Waals surface area contributed by atoms with Gasteiger partial charge in [-0.3, -0.25) is 5.14 Å². The molecule has 0 fully saturated rings. The van der Waals surface area contributed by atoms with Gasteiger partial charge in [-0.25, -0.2) is 4.21 Å². The minimum atomic E-state index is -1.42. The highest BCUT2D eigenvalue weighted by molar-refractivity contribution is 7.84. The highest BCUT2D eigenvalue weighted by Crippen LogP contribution is 2.43. The standard InChI is InChI=1S/C11H16N2O2S/c1-11(2,16(12)14)10-8-6-4-5-7-9(8)15-13(10)3/h4-7,10H,12H2,1-3H3. The Morgan fingerprint density at radius 1 is 1.44 bits per heavy atom. The van der Waals surface area contributed by atoms with Gasteiger partial charge in [0.2, 0.25) is 0 Å². The first kappa shape index (κ1) is 11.6. The first-order chi connectivity index (χ1) is 7.44. The summed E-state index contributed by atoms with van der Waals surface area (Å²) in [6.45, 7) is 3.77. The van der Waals surface area contributed by atoms with Crippen molar-refractivity contribution in [2.24, 2.45) is 5.14 Å². The van der Waals surface area contributed by atoms with E-state index in [1.54, 1.807) is 5.06 Å². The summed E-state index contributed by atoms with van der Waals surface area (Å²) in [6, 6.07) is 7.67. The van der Waals surface area contributed by atoms with E-state index in [9.17, 15) is 4.21 Å². The molecule has 0 radical (unpaired) electrons. The number of rotatable bonds is 2. The van der Waals surface area contributed by atoms with E-state index in [4.69, 9.17) is 9.98 Å². The zero-order valence-electron chi connectivity index (χ0n) is 9.64. The highest BCUT2D eigenvalue weighted by atomic mass is 32.2. The van der Waals surface area contributed by atoms with Crippen LogP contribution in [-0.2, 0) is 11.0 Å². The van der Waals surface area contributed by atoms with Crippen LogP contribution >= 0.6 is 0 Å². The lowest BCUT2D eigenvalue weighted by atomic mass is 9.95. The SMILES string of the molecule is CN1Oc2ccccc2C1C(C)(C)S(N)=O. The maximum Gasteiger partial charge on any atom is 0.152 e. The van der Waals surface area contributed by atoms with Crippen LogP contribution in [0, 0.1) is 0 Å². The number of hydrogen-bond acceptors (Lipinski definition) is 3. The molecule has 5 heteroatoms. The minimum absolute atomic E-state index is 0.0884. The zero-order valence-corrected chi connectivity index (χ0v) is 10.5. The first-order valence-electron chi connectivity index (χ1n) is 5.10. The smallest absolute Gasteiger partial charge is 0.152 e. The van der Waals surface area contributed by atoms with Crippen LogP contribution in [0.4, 0.5) is 0 Å². The molecule has 0 bridgehead atoms. The molecule has 1 aliphatic rings. The third-order valence-corrected chi connectivity index (χ3v) is 4.26. The Morgan fingerprint density at radius 3 is 2.69 bits per heavy atom. The van der Waals surface area contributed by atoms with Crippen LogP contribution in [0.5, 0.6) is 5.75 Å². The van der Waals surface area contributed by atoms with Gasteiger partial charge in [-0.05, 0) is 19.9 Å². The fourth-order valence-corrected chi connectivity index (χ4v) is 2.61. The van der Waals surface area contributed by atoms with Gasteiger partial charge >= 0.3 is 0 Å². The second kappa shape index (κ2) is 3.84. The molecule has 2 rings (SSSR count). The molecule has 2 unspecified atom stereocenters. The number of hydrogen-bond donors (Lipinski definition) is 1. The van der Waals surface area contributed by atoms with E-state index in [1.165, 1.54) is 0 Å². The first-order valence-corrected chi connectivity index (χ1v) is 6.32. The summed E-state index contributed by atoms with van der Waals surface area (Å²) in [5.74, 6) is 0.813. The lowest BCUT2D eigenvalue weighted by Crippen LogP contribution is -2.44. The summed E-state index contributed by atoms with van der Waals surface area (Å²) in [4.78, 5) is 5.60. The monoisotopic (exact) mass is 240 g/mol. The zero-order chi connectivity index (χ0) is 11.9. The molecule has 4 nitrogen and oxygen atoms in total. The Balaban J connectivity index is 2.47. The number of hydroxylamine groups is 2. The van der Waals surface area contributed by atoms with Gasteiger partial charge in [0.1, 0.15) is 0 Å². The largest absolute Gasteiger partial charge is 0.405 e. The summed E-state index contributed by atoms with van der Waals surface area (Å²) in [6.07, 6.45) is 0. The van der Waals surface area contributed by atoms with Crippen LogP contribution in [0.15, 0.2) is 24.3 Å². The summed E-state index contributed by atoms with van der Waals surface area (Å²) >= 11 is 0. The fourth-order valence-electron chi connectivity index (χ4n) is 2.12.